The van der Waals surface area contributed by atoms with Crippen LogP contribution >= 0.6 is 0 Å². The Hall–Kier alpha value is -0.790. The van der Waals surface area contributed by atoms with Crippen LogP contribution in [-0.2, 0) is 4.79 Å². The quantitative estimate of drug-likeness (QED) is 0.562. The molecule has 1 saturated heterocycles. The highest BCUT2D eigenvalue weighted by molar-refractivity contribution is 5.87. The molecule has 2 heteroatoms. The minimum absolute atomic E-state index is 0.108. The molecule has 13 heavy (non-hydrogen) atoms. The third-order valence-corrected chi connectivity index (χ3v) is 3.49. The zero-order valence-electron chi connectivity index (χ0n) is 8.25. The van der Waals surface area contributed by atoms with Crippen molar-refractivity contribution in [3.63, 3.8) is 0 Å². The summed E-state index contributed by atoms with van der Waals surface area (Å²) in [4.78, 5) is 13.3. The van der Waals surface area contributed by atoms with Gasteiger partial charge in [-0.2, -0.15) is 0 Å². The van der Waals surface area contributed by atoms with Crippen molar-refractivity contribution in [3.05, 3.63) is 12.7 Å². The van der Waals surface area contributed by atoms with Crippen LogP contribution in [-0.4, -0.2) is 23.9 Å². The second kappa shape index (κ2) is 2.86. The number of rotatable bonds is 1. The molecular formula is C11H17NO. The summed E-state index contributed by atoms with van der Waals surface area (Å²) in [5.74, 6) is 0.982. The van der Waals surface area contributed by atoms with Crippen LogP contribution in [0.3, 0.4) is 0 Å². The summed E-state index contributed by atoms with van der Waals surface area (Å²) in [5.41, 5.74) is 0.498. The first-order valence-corrected chi connectivity index (χ1v) is 5.07. The van der Waals surface area contributed by atoms with Crippen LogP contribution in [0.4, 0.5) is 0 Å². The third-order valence-electron chi connectivity index (χ3n) is 3.49. The summed E-state index contributed by atoms with van der Waals surface area (Å²) in [6.07, 6.45) is 5.26. The van der Waals surface area contributed by atoms with Gasteiger partial charge in [-0.3, -0.25) is 4.79 Å². The minimum Gasteiger partial charge on any atom is -0.339 e. The van der Waals surface area contributed by atoms with Crippen LogP contribution in [0.15, 0.2) is 12.7 Å². The molecule has 0 radical (unpaired) electrons. The van der Waals surface area contributed by atoms with Crippen molar-refractivity contribution in [2.45, 2.75) is 26.2 Å². The Morgan fingerprint density at radius 3 is 2.85 bits per heavy atom. The Morgan fingerprint density at radius 1 is 1.62 bits per heavy atom. The number of nitrogens with zero attached hydrogens (tertiary/aromatic N) is 1. The molecule has 1 aliphatic heterocycles. The van der Waals surface area contributed by atoms with E-state index in [4.69, 9.17) is 0 Å². The van der Waals surface area contributed by atoms with Gasteiger partial charge < -0.3 is 4.90 Å². The topological polar surface area (TPSA) is 20.3 Å². The summed E-state index contributed by atoms with van der Waals surface area (Å²) < 4.78 is 0. The first kappa shape index (κ1) is 8.79. The van der Waals surface area contributed by atoms with Gasteiger partial charge in [-0.15, -0.1) is 0 Å². The lowest BCUT2D eigenvalue weighted by molar-refractivity contribution is -0.125. The predicted molar refractivity (Wildman–Crippen MR) is 52.2 cm³/mol. The number of amides is 1. The number of hydrogen-bond acceptors (Lipinski definition) is 1. The van der Waals surface area contributed by atoms with Crippen molar-refractivity contribution >= 4 is 5.91 Å². The second-order valence-electron chi connectivity index (χ2n) is 4.73. The van der Waals surface area contributed by atoms with Crippen molar-refractivity contribution in [2.24, 2.45) is 11.3 Å². The highest BCUT2D eigenvalue weighted by Gasteiger charge is 2.47. The molecule has 0 aromatic heterocycles. The van der Waals surface area contributed by atoms with E-state index in [1.165, 1.54) is 25.3 Å². The van der Waals surface area contributed by atoms with Gasteiger partial charge in [-0.1, -0.05) is 13.5 Å². The molecule has 2 aliphatic rings. The van der Waals surface area contributed by atoms with Gasteiger partial charge in [0.2, 0.25) is 5.91 Å². The number of likely N-dealkylation sites (tertiary alicyclic amines) is 1. The van der Waals surface area contributed by atoms with Crippen LogP contribution in [0.5, 0.6) is 0 Å². The summed E-state index contributed by atoms with van der Waals surface area (Å²) in [6.45, 7) is 7.73. The summed E-state index contributed by atoms with van der Waals surface area (Å²) in [5, 5.41) is 0. The predicted octanol–water partition coefficient (Wildman–Crippen LogP) is 1.82. The van der Waals surface area contributed by atoms with Gasteiger partial charge >= 0.3 is 0 Å². The second-order valence-corrected chi connectivity index (χ2v) is 4.73. The average molecular weight is 179 g/mol. The fraction of sp³-hybridized carbons (Fsp3) is 0.727. The summed E-state index contributed by atoms with van der Waals surface area (Å²) >= 11 is 0. The van der Waals surface area contributed by atoms with E-state index >= 15 is 0 Å². The molecule has 0 N–H and O–H groups in total. The monoisotopic (exact) mass is 179 g/mol. The van der Waals surface area contributed by atoms with E-state index < -0.39 is 0 Å². The Labute approximate surface area is 79.6 Å². The van der Waals surface area contributed by atoms with Gasteiger partial charge in [0.05, 0.1) is 0 Å². The van der Waals surface area contributed by atoms with Gasteiger partial charge in [-0.25, -0.2) is 0 Å². The van der Waals surface area contributed by atoms with Crippen molar-refractivity contribution < 1.29 is 4.79 Å². The molecule has 2 nitrogen and oxygen atoms in total. The van der Waals surface area contributed by atoms with Gasteiger partial charge in [0.25, 0.3) is 0 Å². The lowest BCUT2D eigenvalue weighted by atomic mass is 9.62. The number of carbonyl (C=O) groups excluding carboxylic acids is 1. The number of carbonyl (C=O) groups is 1. The maximum atomic E-state index is 11.3. The van der Waals surface area contributed by atoms with E-state index in [1.807, 2.05) is 4.90 Å². The molecule has 1 aliphatic carbocycles. The molecule has 2 fully saturated rings. The molecule has 1 spiro atoms. The first-order chi connectivity index (χ1) is 6.15. The van der Waals surface area contributed by atoms with Gasteiger partial charge in [0.15, 0.2) is 0 Å². The van der Waals surface area contributed by atoms with Gasteiger partial charge in [-0.05, 0) is 36.7 Å². The largest absolute Gasteiger partial charge is 0.339 e. The van der Waals surface area contributed by atoms with Crippen molar-refractivity contribution in [3.8, 4) is 0 Å². The van der Waals surface area contributed by atoms with E-state index in [2.05, 4.69) is 13.5 Å². The van der Waals surface area contributed by atoms with E-state index in [0.717, 1.165) is 19.0 Å². The minimum atomic E-state index is 0.108. The Kier molecular flexibility index (Phi) is 1.94. The molecule has 0 unspecified atom stereocenters. The van der Waals surface area contributed by atoms with Crippen LogP contribution in [0.25, 0.3) is 0 Å². The number of hydrogen-bond donors (Lipinski definition) is 0. The zero-order chi connectivity index (χ0) is 9.47. The summed E-state index contributed by atoms with van der Waals surface area (Å²) in [6, 6.07) is 0. The SMILES string of the molecule is C=CC(=O)N1CCC2(CC(C)C2)C1. The lowest BCUT2D eigenvalue weighted by Gasteiger charge is -2.43. The fourth-order valence-corrected chi connectivity index (χ4v) is 3.00. The van der Waals surface area contributed by atoms with E-state index in [0.29, 0.717) is 5.41 Å². The van der Waals surface area contributed by atoms with Gasteiger partial charge in [0.1, 0.15) is 0 Å². The molecule has 0 aromatic carbocycles. The molecule has 1 saturated carbocycles. The highest BCUT2D eigenvalue weighted by Crippen LogP contribution is 2.51. The maximum absolute atomic E-state index is 11.3. The highest BCUT2D eigenvalue weighted by atomic mass is 16.2. The van der Waals surface area contributed by atoms with Gasteiger partial charge in [0, 0.05) is 13.1 Å². The van der Waals surface area contributed by atoms with Crippen LogP contribution in [0, 0.1) is 11.3 Å². The first-order valence-electron chi connectivity index (χ1n) is 5.07. The molecule has 0 atom stereocenters. The molecule has 2 rings (SSSR count). The smallest absolute Gasteiger partial charge is 0.245 e. The van der Waals surface area contributed by atoms with Crippen LogP contribution in [0.1, 0.15) is 26.2 Å². The Balaban J connectivity index is 1.95. The molecule has 72 valence electrons. The van der Waals surface area contributed by atoms with E-state index in [-0.39, 0.29) is 5.91 Å². The molecule has 0 aromatic rings. The fourth-order valence-electron chi connectivity index (χ4n) is 3.00. The van der Waals surface area contributed by atoms with Crippen LogP contribution < -0.4 is 0 Å². The average Bonchev–Trinajstić information content (AvgIpc) is 2.47. The third kappa shape index (κ3) is 1.38. The normalized spacial score (nSPS) is 37.6. The van der Waals surface area contributed by atoms with E-state index in [9.17, 15) is 4.79 Å². The molecule has 1 amide bonds. The molecule has 1 heterocycles. The van der Waals surface area contributed by atoms with Crippen molar-refractivity contribution in [1.29, 1.82) is 0 Å². The standard InChI is InChI=1S/C11H17NO/c1-3-10(13)12-5-4-11(8-12)6-9(2)7-11/h3,9H,1,4-8H2,2H3. The van der Waals surface area contributed by atoms with Crippen molar-refractivity contribution in [1.82, 2.24) is 4.90 Å². The molecule has 0 bridgehead atoms. The Morgan fingerprint density at radius 2 is 2.31 bits per heavy atom. The zero-order valence-corrected chi connectivity index (χ0v) is 8.25. The molecular weight excluding hydrogens is 162 g/mol. The van der Waals surface area contributed by atoms with E-state index in [1.54, 1.807) is 0 Å². The summed E-state index contributed by atoms with van der Waals surface area (Å²) in [7, 11) is 0. The van der Waals surface area contributed by atoms with Crippen molar-refractivity contribution in [2.75, 3.05) is 13.1 Å². The lowest BCUT2D eigenvalue weighted by Crippen LogP contribution is -2.39. The Bertz CT molecular complexity index is 240. The maximum Gasteiger partial charge on any atom is 0.245 e. The van der Waals surface area contributed by atoms with Crippen LogP contribution in [0.2, 0.25) is 0 Å².